The van der Waals surface area contributed by atoms with Crippen LogP contribution in [0.2, 0.25) is 0 Å². The molecule has 7 nitrogen and oxygen atoms in total. The fourth-order valence-corrected chi connectivity index (χ4v) is 3.73. The van der Waals surface area contributed by atoms with Crippen molar-refractivity contribution in [3.63, 3.8) is 0 Å². The first-order chi connectivity index (χ1) is 15.0. The normalized spacial score (nSPS) is 11.8. The van der Waals surface area contributed by atoms with Crippen LogP contribution in [-0.4, -0.2) is 61.6 Å². The molecule has 0 saturated carbocycles. The van der Waals surface area contributed by atoms with Crippen LogP contribution in [0.5, 0.6) is 5.75 Å². The number of carbonyl (C=O) groups excluding carboxylic acids is 1. The van der Waals surface area contributed by atoms with Crippen molar-refractivity contribution in [2.45, 2.75) is 13.1 Å². The number of aromatic nitrogens is 2. The van der Waals surface area contributed by atoms with E-state index < -0.39 is 17.6 Å². The smallest absolute Gasteiger partial charge is 0.416 e. The van der Waals surface area contributed by atoms with Crippen LogP contribution < -0.4 is 15.0 Å². The molecule has 11 heteroatoms. The minimum Gasteiger partial charge on any atom is -0.484 e. The second-order valence-electron chi connectivity index (χ2n) is 7.55. The number of likely N-dealkylation sites (N-methyl/N-ethyl adjacent to an activating group) is 2. The van der Waals surface area contributed by atoms with Crippen LogP contribution >= 0.6 is 11.3 Å². The van der Waals surface area contributed by atoms with Crippen molar-refractivity contribution >= 4 is 38.5 Å². The SMILES string of the molecule is Cc1cc(N(C)CCN(C)C)nc2sc(NC(=O)COc3ccc(C(F)(F)F)cc3)nc12. The van der Waals surface area contributed by atoms with Gasteiger partial charge >= 0.3 is 6.18 Å². The van der Waals surface area contributed by atoms with Crippen molar-refractivity contribution in [1.29, 1.82) is 0 Å². The topological polar surface area (TPSA) is 70.6 Å². The maximum absolute atomic E-state index is 12.6. The molecule has 0 aliphatic heterocycles. The Morgan fingerprint density at radius 3 is 2.44 bits per heavy atom. The number of anilines is 2. The van der Waals surface area contributed by atoms with E-state index in [2.05, 4.69) is 25.1 Å². The van der Waals surface area contributed by atoms with E-state index in [4.69, 9.17) is 4.74 Å². The molecule has 0 radical (unpaired) electrons. The van der Waals surface area contributed by atoms with Crippen LogP contribution in [0.3, 0.4) is 0 Å². The molecule has 1 aromatic carbocycles. The number of hydrogen-bond donors (Lipinski definition) is 1. The van der Waals surface area contributed by atoms with E-state index in [0.717, 1.165) is 36.6 Å². The molecule has 32 heavy (non-hydrogen) atoms. The Bertz CT molecular complexity index is 1080. The number of halogens is 3. The van der Waals surface area contributed by atoms with Gasteiger partial charge in [0.25, 0.3) is 5.91 Å². The lowest BCUT2D eigenvalue weighted by Crippen LogP contribution is -2.29. The number of amides is 1. The average Bonchev–Trinajstić information content (AvgIpc) is 3.13. The minimum atomic E-state index is -4.42. The maximum atomic E-state index is 12.6. The van der Waals surface area contributed by atoms with Gasteiger partial charge in [0, 0.05) is 20.1 Å². The molecule has 0 aliphatic rings. The number of nitrogens with zero attached hydrogens (tertiary/aromatic N) is 4. The highest BCUT2D eigenvalue weighted by Gasteiger charge is 2.30. The summed E-state index contributed by atoms with van der Waals surface area (Å²) in [7, 11) is 5.99. The molecule has 0 atom stereocenters. The lowest BCUT2D eigenvalue weighted by atomic mass is 10.2. The maximum Gasteiger partial charge on any atom is 0.416 e. The third-order valence-corrected chi connectivity index (χ3v) is 5.48. The van der Waals surface area contributed by atoms with E-state index in [1.165, 1.54) is 23.5 Å². The predicted octanol–water partition coefficient (Wildman–Crippen LogP) is 4.03. The molecular weight excluding hydrogens is 443 g/mol. The Kier molecular flexibility index (Phi) is 7.19. The number of ether oxygens (including phenoxy) is 1. The zero-order valence-corrected chi connectivity index (χ0v) is 19.0. The third kappa shape index (κ3) is 6.07. The molecule has 2 heterocycles. The zero-order chi connectivity index (χ0) is 23.5. The van der Waals surface area contributed by atoms with Gasteiger partial charge in [0.2, 0.25) is 0 Å². The van der Waals surface area contributed by atoms with Crippen LogP contribution in [0.1, 0.15) is 11.1 Å². The summed E-state index contributed by atoms with van der Waals surface area (Å²) < 4.78 is 43.1. The minimum absolute atomic E-state index is 0.167. The summed E-state index contributed by atoms with van der Waals surface area (Å²) in [5.74, 6) is 0.523. The first-order valence-corrected chi connectivity index (χ1v) is 10.6. The molecule has 3 rings (SSSR count). The van der Waals surface area contributed by atoms with Gasteiger partial charge in [0.15, 0.2) is 11.7 Å². The van der Waals surface area contributed by atoms with Gasteiger partial charge in [0.1, 0.15) is 21.9 Å². The van der Waals surface area contributed by atoms with E-state index in [9.17, 15) is 18.0 Å². The van der Waals surface area contributed by atoms with E-state index >= 15 is 0 Å². The quantitative estimate of drug-likeness (QED) is 0.539. The van der Waals surface area contributed by atoms with Crippen molar-refractivity contribution in [1.82, 2.24) is 14.9 Å². The number of fused-ring (bicyclic) bond motifs is 1. The molecule has 0 fully saturated rings. The number of nitrogens with one attached hydrogen (secondary N) is 1. The van der Waals surface area contributed by atoms with Gasteiger partial charge in [0.05, 0.1) is 5.56 Å². The Morgan fingerprint density at radius 1 is 1.12 bits per heavy atom. The summed E-state index contributed by atoms with van der Waals surface area (Å²) >= 11 is 1.25. The number of benzene rings is 1. The number of thiazole rings is 1. The van der Waals surface area contributed by atoms with Crippen LogP contribution in [-0.2, 0) is 11.0 Å². The number of pyridine rings is 1. The van der Waals surface area contributed by atoms with Crippen molar-refractivity contribution in [3.8, 4) is 5.75 Å². The fourth-order valence-electron chi connectivity index (χ4n) is 2.80. The molecule has 0 bridgehead atoms. The Hall–Kier alpha value is -2.92. The second kappa shape index (κ2) is 9.70. The molecule has 3 aromatic rings. The second-order valence-corrected chi connectivity index (χ2v) is 8.53. The molecule has 172 valence electrons. The van der Waals surface area contributed by atoms with Gasteiger partial charge < -0.3 is 14.5 Å². The Balaban J connectivity index is 1.63. The lowest BCUT2D eigenvalue weighted by molar-refractivity contribution is -0.137. The van der Waals surface area contributed by atoms with Gasteiger partial charge in [-0.2, -0.15) is 13.2 Å². The summed E-state index contributed by atoms with van der Waals surface area (Å²) in [5.41, 5.74) is 0.872. The summed E-state index contributed by atoms with van der Waals surface area (Å²) in [6.45, 7) is 3.28. The highest BCUT2D eigenvalue weighted by atomic mass is 32.1. The summed E-state index contributed by atoms with van der Waals surface area (Å²) in [6.07, 6.45) is -4.42. The summed E-state index contributed by atoms with van der Waals surface area (Å²) in [5, 5.41) is 3.04. The van der Waals surface area contributed by atoms with Crippen molar-refractivity contribution in [3.05, 3.63) is 41.5 Å². The van der Waals surface area contributed by atoms with Crippen LogP contribution in [0.25, 0.3) is 10.3 Å². The average molecular weight is 468 g/mol. The number of aryl methyl sites for hydroxylation is 1. The molecule has 2 aromatic heterocycles. The predicted molar refractivity (Wildman–Crippen MR) is 120 cm³/mol. The van der Waals surface area contributed by atoms with E-state index in [-0.39, 0.29) is 12.4 Å². The Morgan fingerprint density at radius 2 is 1.81 bits per heavy atom. The summed E-state index contributed by atoms with van der Waals surface area (Å²) in [4.78, 5) is 26.2. The van der Waals surface area contributed by atoms with Gasteiger partial charge in [-0.1, -0.05) is 11.3 Å². The molecule has 0 aliphatic carbocycles. The van der Waals surface area contributed by atoms with Crippen LogP contribution in [0, 0.1) is 6.92 Å². The molecule has 1 amide bonds. The van der Waals surface area contributed by atoms with E-state index in [1.807, 2.05) is 34.1 Å². The third-order valence-electron chi connectivity index (χ3n) is 4.62. The highest BCUT2D eigenvalue weighted by molar-refractivity contribution is 7.22. The van der Waals surface area contributed by atoms with Crippen molar-refractivity contribution in [2.24, 2.45) is 0 Å². The van der Waals surface area contributed by atoms with Crippen molar-refractivity contribution < 1.29 is 22.7 Å². The van der Waals surface area contributed by atoms with Gasteiger partial charge in [-0.15, -0.1) is 0 Å². The lowest BCUT2D eigenvalue weighted by Gasteiger charge is -2.20. The molecule has 0 unspecified atom stereocenters. The number of alkyl halides is 3. The Labute approximate surface area is 187 Å². The van der Waals surface area contributed by atoms with Gasteiger partial charge in [-0.3, -0.25) is 10.1 Å². The molecule has 0 spiro atoms. The fraction of sp³-hybridized carbons (Fsp3) is 0.381. The summed E-state index contributed by atoms with van der Waals surface area (Å²) in [6, 6.07) is 6.12. The van der Waals surface area contributed by atoms with Crippen LogP contribution in [0.15, 0.2) is 30.3 Å². The standard InChI is InChI=1S/C21H24F3N5O2S/c1-13-11-16(29(4)10-9-28(2)3)25-19-18(13)27-20(32-19)26-17(30)12-31-15-7-5-14(6-8-15)21(22,23)24/h5-8,11H,9-10,12H2,1-4H3,(H,26,27,30). The van der Waals surface area contributed by atoms with E-state index in [1.54, 1.807) is 0 Å². The first kappa shape index (κ1) is 23.7. The highest BCUT2D eigenvalue weighted by Crippen LogP contribution is 2.31. The van der Waals surface area contributed by atoms with Gasteiger partial charge in [-0.25, -0.2) is 9.97 Å². The van der Waals surface area contributed by atoms with Crippen LogP contribution in [0.4, 0.5) is 24.1 Å². The van der Waals surface area contributed by atoms with E-state index in [0.29, 0.717) is 15.5 Å². The zero-order valence-electron chi connectivity index (χ0n) is 18.2. The van der Waals surface area contributed by atoms with Crippen molar-refractivity contribution in [2.75, 3.05) is 51.1 Å². The molecule has 0 saturated heterocycles. The molecular formula is C21H24F3N5O2S. The number of rotatable bonds is 8. The first-order valence-electron chi connectivity index (χ1n) is 9.77. The van der Waals surface area contributed by atoms with Gasteiger partial charge in [-0.05, 0) is 56.9 Å². The largest absolute Gasteiger partial charge is 0.484 e. The molecule has 1 N–H and O–H groups in total. The number of hydrogen-bond acceptors (Lipinski definition) is 7. The number of carbonyl (C=O) groups is 1. The monoisotopic (exact) mass is 467 g/mol.